The topological polar surface area (TPSA) is 91.8 Å². The van der Waals surface area contributed by atoms with Crippen LogP contribution in [0.1, 0.15) is 56.0 Å². The average Bonchev–Trinajstić information content (AvgIpc) is 2.85. The molecule has 1 heterocycles. The molecule has 0 unspecified atom stereocenters. The highest BCUT2D eigenvalue weighted by Gasteiger charge is 2.17. The Labute approximate surface area is 202 Å². The van der Waals surface area contributed by atoms with Gasteiger partial charge in [0.25, 0.3) is 0 Å². The first kappa shape index (κ1) is 25.0. The second-order valence-corrected chi connectivity index (χ2v) is 8.35. The van der Waals surface area contributed by atoms with Crippen LogP contribution in [0.2, 0.25) is 0 Å². The molecule has 0 bridgehead atoms. The van der Waals surface area contributed by atoms with Gasteiger partial charge in [-0.15, -0.1) is 11.8 Å². The molecule has 176 valence electrons. The van der Waals surface area contributed by atoms with E-state index in [1.54, 1.807) is 61.8 Å². The van der Waals surface area contributed by atoms with Gasteiger partial charge in [0.15, 0.2) is 11.6 Å². The van der Waals surface area contributed by atoms with Gasteiger partial charge < -0.3 is 14.2 Å². The van der Waals surface area contributed by atoms with Crippen LogP contribution in [0.15, 0.2) is 59.8 Å². The molecule has 0 aliphatic heterocycles. The van der Waals surface area contributed by atoms with Crippen LogP contribution in [-0.2, 0) is 17.1 Å². The summed E-state index contributed by atoms with van der Waals surface area (Å²) in [5.74, 6) is 0.933. The predicted octanol–water partition coefficient (Wildman–Crippen LogP) is 5.15. The lowest BCUT2D eigenvalue weighted by Gasteiger charge is -2.13. The van der Waals surface area contributed by atoms with Crippen molar-refractivity contribution in [1.82, 2.24) is 4.98 Å². The van der Waals surface area contributed by atoms with E-state index in [-0.39, 0.29) is 18.2 Å². The molecular weight excluding hydrogens is 454 g/mol. The van der Waals surface area contributed by atoms with E-state index in [4.69, 9.17) is 14.2 Å². The third kappa shape index (κ3) is 6.02. The Morgan fingerprint density at radius 3 is 2.03 bits per heavy atom. The number of hydrogen-bond acceptors (Lipinski definition) is 8. The molecule has 34 heavy (non-hydrogen) atoms. The summed E-state index contributed by atoms with van der Waals surface area (Å²) >= 11 is 1.34. The van der Waals surface area contributed by atoms with E-state index >= 15 is 0 Å². The molecular formula is C26H25NO6S. The van der Waals surface area contributed by atoms with E-state index < -0.39 is 5.97 Å². The molecule has 1 aromatic heterocycles. The first-order chi connectivity index (χ1) is 16.3. The summed E-state index contributed by atoms with van der Waals surface area (Å²) in [6.45, 7) is 2.92. The Balaban J connectivity index is 1.77. The molecule has 0 saturated carbocycles. The van der Waals surface area contributed by atoms with Crippen molar-refractivity contribution in [1.29, 1.82) is 0 Å². The fourth-order valence-electron chi connectivity index (χ4n) is 3.25. The molecule has 0 saturated heterocycles. The zero-order valence-corrected chi connectivity index (χ0v) is 20.2. The number of ether oxygens (including phenoxy) is 3. The molecule has 0 aliphatic carbocycles. The summed E-state index contributed by atoms with van der Waals surface area (Å²) < 4.78 is 16.3. The van der Waals surface area contributed by atoms with E-state index in [0.29, 0.717) is 44.5 Å². The fraction of sp³-hybridized carbons (Fsp3) is 0.231. The number of rotatable bonds is 10. The van der Waals surface area contributed by atoms with Crippen molar-refractivity contribution < 1.29 is 28.6 Å². The largest absolute Gasteiger partial charge is 0.496 e. The molecule has 0 radical (unpaired) electrons. The smallest absolute Gasteiger partial charge is 0.341 e. The number of carbonyl (C=O) groups excluding carboxylic acids is 3. The number of benzene rings is 2. The molecule has 0 amide bonds. The standard InChI is InChI=1S/C26H25NO6S/c1-16(28)18-7-9-23(31-3)20(12-18)14-33-26(30)22-6-5-11-27-25(22)34-15-21-13-19(17(2)29)8-10-24(21)32-4/h5-13H,14-15H2,1-4H3. The minimum absolute atomic E-state index is 0.0414. The second kappa shape index (κ2) is 11.5. The Kier molecular flexibility index (Phi) is 8.43. The van der Waals surface area contributed by atoms with Gasteiger partial charge >= 0.3 is 5.97 Å². The zero-order chi connectivity index (χ0) is 24.7. The SMILES string of the molecule is COc1ccc(C(C)=O)cc1COC(=O)c1cccnc1SCc1cc(C(C)=O)ccc1OC. The molecule has 3 rings (SSSR count). The van der Waals surface area contributed by atoms with Gasteiger partial charge in [0, 0.05) is 34.2 Å². The van der Waals surface area contributed by atoms with Crippen LogP contribution in [0.25, 0.3) is 0 Å². The van der Waals surface area contributed by atoms with Crippen molar-refractivity contribution >= 4 is 29.3 Å². The van der Waals surface area contributed by atoms with Gasteiger partial charge in [-0.3, -0.25) is 9.59 Å². The molecule has 3 aromatic rings. The zero-order valence-electron chi connectivity index (χ0n) is 19.4. The molecule has 0 N–H and O–H groups in total. The number of pyridine rings is 1. The highest BCUT2D eigenvalue weighted by molar-refractivity contribution is 7.98. The summed E-state index contributed by atoms with van der Waals surface area (Å²) in [5, 5.41) is 0.493. The lowest BCUT2D eigenvalue weighted by atomic mass is 10.1. The number of aromatic nitrogens is 1. The summed E-state index contributed by atoms with van der Waals surface area (Å²) in [7, 11) is 3.08. The maximum atomic E-state index is 12.9. The van der Waals surface area contributed by atoms with Crippen LogP contribution in [0.4, 0.5) is 0 Å². The highest BCUT2D eigenvalue weighted by Crippen LogP contribution is 2.30. The van der Waals surface area contributed by atoms with E-state index in [2.05, 4.69) is 4.98 Å². The second-order valence-electron chi connectivity index (χ2n) is 7.39. The van der Waals surface area contributed by atoms with Crippen LogP contribution in [0.5, 0.6) is 11.5 Å². The van der Waals surface area contributed by atoms with Gasteiger partial charge in [0.1, 0.15) is 23.1 Å². The van der Waals surface area contributed by atoms with Gasteiger partial charge in [0.05, 0.1) is 19.8 Å². The number of Topliss-reactive ketones (excluding diaryl/α,β-unsaturated/α-hetero) is 2. The number of methoxy groups -OCH3 is 2. The summed E-state index contributed by atoms with van der Waals surface area (Å²) in [6, 6.07) is 13.5. The van der Waals surface area contributed by atoms with Crippen LogP contribution in [0.3, 0.4) is 0 Å². The molecule has 0 aliphatic rings. The maximum Gasteiger partial charge on any atom is 0.341 e. The molecule has 0 spiro atoms. The van der Waals surface area contributed by atoms with Crippen molar-refractivity contribution in [3.63, 3.8) is 0 Å². The number of ketones is 2. The van der Waals surface area contributed by atoms with E-state index in [9.17, 15) is 14.4 Å². The first-order valence-electron chi connectivity index (χ1n) is 10.4. The van der Waals surface area contributed by atoms with Gasteiger partial charge in [-0.05, 0) is 62.4 Å². The Morgan fingerprint density at radius 1 is 0.853 bits per heavy atom. The fourth-order valence-corrected chi connectivity index (χ4v) is 4.21. The maximum absolute atomic E-state index is 12.9. The number of nitrogens with zero attached hydrogens (tertiary/aromatic N) is 1. The number of carbonyl (C=O) groups is 3. The number of esters is 1. The van der Waals surface area contributed by atoms with E-state index in [0.717, 1.165) is 5.56 Å². The minimum Gasteiger partial charge on any atom is -0.496 e. The van der Waals surface area contributed by atoms with Gasteiger partial charge in [-0.25, -0.2) is 9.78 Å². The number of thioether (sulfide) groups is 1. The Bertz CT molecular complexity index is 1220. The molecule has 2 aromatic carbocycles. The summed E-state index contributed by atoms with van der Waals surface area (Å²) in [4.78, 5) is 40.7. The van der Waals surface area contributed by atoms with Crippen molar-refractivity contribution in [2.75, 3.05) is 14.2 Å². The van der Waals surface area contributed by atoms with E-state index in [1.165, 1.54) is 32.7 Å². The van der Waals surface area contributed by atoms with Gasteiger partial charge in [-0.1, -0.05) is 0 Å². The van der Waals surface area contributed by atoms with Crippen molar-refractivity contribution in [2.45, 2.75) is 31.2 Å². The van der Waals surface area contributed by atoms with Crippen LogP contribution in [-0.4, -0.2) is 36.7 Å². The molecule has 0 atom stereocenters. The Hall–Kier alpha value is -3.65. The average molecular weight is 480 g/mol. The number of hydrogen-bond donors (Lipinski definition) is 0. The predicted molar refractivity (Wildman–Crippen MR) is 129 cm³/mol. The van der Waals surface area contributed by atoms with Crippen molar-refractivity contribution in [3.05, 3.63) is 82.5 Å². The molecule has 7 nitrogen and oxygen atoms in total. The van der Waals surface area contributed by atoms with Gasteiger partial charge in [-0.2, -0.15) is 0 Å². The minimum atomic E-state index is -0.546. The van der Waals surface area contributed by atoms with Crippen LogP contribution >= 0.6 is 11.8 Å². The van der Waals surface area contributed by atoms with E-state index in [1.807, 2.05) is 0 Å². The summed E-state index contributed by atoms with van der Waals surface area (Å²) in [5.41, 5.74) is 2.81. The van der Waals surface area contributed by atoms with Crippen molar-refractivity contribution in [3.8, 4) is 11.5 Å². The lowest BCUT2D eigenvalue weighted by Crippen LogP contribution is -2.09. The van der Waals surface area contributed by atoms with Crippen molar-refractivity contribution in [2.24, 2.45) is 0 Å². The molecule has 0 fully saturated rings. The quantitative estimate of drug-likeness (QED) is 0.224. The summed E-state index contributed by atoms with van der Waals surface area (Å²) in [6.07, 6.45) is 1.60. The van der Waals surface area contributed by atoms with Crippen LogP contribution in [0, 0.1) is 0 Å². The normalized spacial score (nSPS) is 10.5. The monoisotopic (exact) mass is 479 g/mol. The third-order valence-electron chi connectivity index (χ3n) is 5.09. The third-order valence-corrected chi connectivity index (χ3v) is 6.14. The lowest BCUT2D eigenvalue weighted by molar-refractivity contribution is 0.0465. The highest BCUT2D eigenvalue weighted by atomic mass is 32.2. The first-order valence-corrected chi connectivity index (χ1v) is 11.4. The van der Waals surface area contributed by atoms with Crippen LogP contribution < -0.4 is 9.47 Å². The Morgan fingerprint density at radius 2 is 1.44 bits per heavy atom. The molecule has 8 heteroatoms. The van der Waals surface area contributed by atoms with Gasteiger partial charge in [0.2, 0.25) is 0 Å².